The summed E-state index contributed by atoms with van der Waals surface area (Å²) in [5.41, 5.74) is 2.48. The average molecular weight is 269 g/mol. The van der Waals surface area contributed by atoms with E-state index in [1.165, 1.54) is 24.0 Å². The van der Waals surface area contributed by atoms with E-state index in [-0.39, 0.29) is 0 Å². The molecule has 2 heterocycles. The standard InChI is InChI=1S/C15H19N5/c1-12-5-4-6-13(9-12)10-16-15-18-14(11-17-19-15)20-7-2-3-8-20/h4-6,9,11H,2-3,7-8,10H2,1H3,(H,16,18,19). The second kappa shape index (κ2) is 5.86. The van der Waals surface area contributed by atoms with Crippen LogP contribution >= 0.6 is 0 Å². The van der Waals surface area contributed by atoms with Crippen molar-refractivity contribution in [3.8, 4) is 0 Å². The summed E-state index contributed by atoms with van der Waals surface area (Å²) in [4.78, 5) is 6.79. The van der Waals surface area contributed by atoms with E-state index in [4.69, 9.17) is 0 Å². The largest absolute Gasteiger partial charge is 0.355 e. The van der Waals surface area contributed by atoms with Gasteiger partial charge in [0.1, 0.15) is 0 Å². The first-order chi connectivity index (χ1) is 9.81. The van der Waals surface area contributed by atoms with Crippen molar-refractivity contribution >= 4 is 11.8 Å². The molecular weight excluding hydrogens is 250 g/mol. The van der Waals surface area contributed by atoms with Gasteiger partial charge in [-0.3, -0.25) is 0 Å². The molecule has 5 nitrogen and oxygen atoms in total. The van der Waals surface area contributed by atoms with E-state index in [9.17, 15) is 0 Å². The highest BCUT2D eigenvalue weighted by atomic mass is 15.3. The second-order valence-electron chi connectivity index (χ2n) is 5.17. The minimum absolute atomic E-state index is 0.593. The van der Waals surface area contributed by atoms with Crippen molar-refractivity contribution in [3.63, 3.8) is 0 Å². The normalized spacial score (nSPS) is 14.6. The van der Waals surface area contributed by atoms with E-state index in [1.54, 1.807) is 6.20 Å². The maximum atomic E-state index is 4.53. The van der Waals surface area contributed by atoms with E-state index >= 15 is 0 Å². The Kier molecular flexibility index (Phi) is 3.76. The van der Waals surface area contributed by atoms with Crippen LogP contribution < -0.4 is 10.2 Å². The number of nitrogens with zero attached hydrogens (tertiary/aromatic N) is 4. The van der Waals surface area contributed by atoms with Crippen LogP contribution in [0.15, 0.2) is 30.5 Å². The summed E-state index contributed by atoms with van der Waals surface area (Å²) in [6.07, 6.45) is 4.20. The molecule has 3 rings (SSSR count). The molecule has 5 heteroatoms. The van der Waals surface area contributed by atoms with Crippen molar-refractivity contribution in [2.45, 2.75) is 26.3 Å². The van der Waals surface area contributed by atoms with Crippen molar-refractivity contribution in [2.24, 2.45) is 0 Å². The first kappa shape index (κ1) is 12.8. The fourth-order valence-corrected chi connectivity index (χ4v) is 2.47. The second-order valence-corrected chi connectivity index (χ2v) is 5.17. The maximum Gasteiger partial charge on any atom is 0.244 e. The number of benzene rings is 1. The molecule has 0 saturated carbocycles. The van der Waals surface area contributed by atoms with Gasteiger partial charge in [0.2, 0.25) is 5.95 Å². The summed E-state index contributed by atoms with van der Waals surface area (Å²) in [6, 6.07) is 8.41. The number of aryl methyl sites for hydroxylation is 1. The first-order valence-corrected chi connectivity index (χ1v) is 7.05. The molecule has 104 valence electrons. The fourth-order valence-electron chi connectivity index (χ4n) is 2.47. The zero-order valence-corrected chi connectivity index (χ0v) is 11.7. The van der Waals surface area contributed by atoms with Gasteiger partial charge in [-0.1, -0.05) is 29.8 Å². The Bertz CT molecular complexity index is 578. The van der Waals surface area contributed by atoms with E-state index in [0.717, 1.165) is 18.9 Å². The van der Waals surface area contributed by atoms with Crippen molar-refractivity contribution in [3.05, 3.63) is 41.6 Å². The minimum Gasteiger partial charge on any atom is -0.355 e. The van der Waals surface area contributed by atoms with Crippen LogP contribution in [0.25, 0.3) is 0 Å². The van der Waals surface area contributed by atoms with Gasteiger partial charge in [0.15, 0.2) is 5.82 Å². The number of hydrogen-bond acceptors (Lipinski definition) is 5. The lowest BCUT2D eigenvalue weighted by molar-refractivity contribution is 0.879. The van der Waals surface area contributed by atoms with Crippen LogP contribution in [0, 0.1) is 6.92 Å². The van der Waals surface area contributed by atoms with Gasteiger partial charge in [0.25, 0.3) is 0 Å². The third-order valence-electron chi connectivity index (χ3n) is 3.51. The summed E-state index contributed by atoms with van der Waals surface area (Å²) in [6.45, 7) is 4.94. The number of anilines is 2. The van der Waals surface area contributed by atoms with Gasteiger partial charge < -0.3 is 10.2 Å². The summed E-state index contributed by atoms with van der Waals surface area (Å²) in [5, 5.41) is 11.3. The van der Waals surface area contributed by atoms with E-state index in [2.05, 4.69) is 56.6 Å². The molecule has 1 fully saturated rings. The number of aromatic nitrogens is 3. The Balaban J connectivity index is 1.66. The Morgan fingerprint density at radius 1 is 1.25 bits per heavy atom. The van der Waals surface area contributed by atoms with Crippen molar-refractivity contribution in [2.75, 3.05) is 23.3 Å². The molecule has 1 aliphatic rings. The number of hydrogen-bond donors (Lipinski definition) is 1. The Labute approximate surface area is 119 Å². The predicted octanol–water partition coefficient (Wildman–Crippen LogP) is 2.39. The van der Waals surface area contributed by atoms with Crippen molar-refractivity contribution in [1.82, 2.24) is 15.2 Å². The van der Waals surface area contributed by atoms with E-state index in [0.29, 0.717) is 12.5 Å². The van der Waals surface area contributed by atoms with Gasteiger partial charge in [0, 0.05) is 19.6 Å². The van der Waals surface area contributed by atoms with Crippen LogP contribution in [-0.2, 0) is 6.54 Å². The molecule has 1 aromatic carbocycles. The molecule has 0 aliphatic carbocycles. The molecule has 1 aliphatic heterocycles. The van der Waals surface area contributed by atoms with Crippen LogP contribution in [0.2, 0.25) is 0 Å². The summed E-state index contributed by atoms with van der Waals surface area (Å²) >= 11 is 0. The summed E-state index contributed by atoms with van der Waals surface area (Å²) < 4.78 is 0. The molecule has 20 heavy (non-hydrogen) atoms. The maximum absolute atomic E-state index is 4.53. The third-order valence-corrected chi connectivity index (χ3v) is 3.51. The van der Waals surface area contributed by atoms with Crippen LogP contribution in [0.4, 0.5) is 11.8 Å². The number of nitrogens with one attached hydrogen (secondary N) is 1. The molecule has 0 bridgehead atoms. The minimum atomic E-state index is 0.593. The summed E-state index contributed by atoms with van der Waals surface area (Å²) in [7, 11) is 0. The highest BCUT2D eigenvalue weighted by Gasteiger charge is 2.14. The van der Waals surface area contributed by atoms with Gasteiger partial charge in [-0.25, -0.2) is 0 Å². The smallest absolute Gasteiger partial charge is 0.244 e. The molecule has 1 aromatic heterocycles. The molecule has 0 spiro atoms. The van der Waals surface area contributed by atoms with Crippen LogP contribution in [0.1, 0.15) is 24.0 Å². The first-order valence-electron chi connectivity index (χ1n) is 7.05. The summed E-state index contributed by atoms with van der Waals surface area (Å²) in [5.74, 6) is 1.51. The molecule has 2 aromatic rings. The Morgan fingerprint density at radius 2 is 2.10 bits per heavy atom. The Hall–Kier alpha value is -2.17. The lowest BCUT2D eigenvalue weighted by Crippen LogP contribution is -2.20. The van der Waals surface area contributed by atoms with Crippen LogP contribution in [0.5, 0.6) is 0 Å². The number of rotatable bonds is 4. The van der Waals surface area contributed by atoms with Crippen LogP contribution in [-0.4, -0.2) is 28.3 Å². The van der Waals surface area contributed by atoms with Crippen LogP contribution in [0.3, 0.4) is 0 Å². The molecule has 0 radical (unpaired) electrons. The Morgan fingerprint density at radius 3 is 2.90 bits per heavy atom. The SMILES string of the molecule is Cc1cccc(CNc2nncc(N3CCCC3)n2)c1. The lowest BCUT2D eigenvalue weighted by Gasteiger charge is -2.15. The molecule has 1 N–H and O–H groups in total. The monoisotopic (exact) mass is 269 g/mol. The van der Waals surface area contributed by atoms with E-state index < -0.39 is 0 Å². The molecule has 1 saturated heterocycles. The zero-order chi connectivity index (χ0) is 13.8. The molecular formula is C15H19N5. The predicted molar refractivity (Wildman–Crippen MR) is 79.8 cm³/mol. The highest BCUT2D eigenvalue weighted by Crippen LogP contribution is 2.17. The van der Waals surface area contributed by atoms with Gasteiger partial charge in [-0.15, -0.1) is 5.10 Å². The van der Waals surface area contributed by atoms with Crippen molar-refractivity contribution in [1.29, 1.82) is 0 Å². The lowest BCUT2D eigenvalue weighted by atomic mass is 10.1. The topological polar surface area (TPSA) is 53.9 Å². The fraction of sp³-hybridized carbons (Fsp3) is 0.400. The zero-order valence-electron chi connectivity index (χ0n) is 11.7. The van der Waals surface area contributed by atoms with Gasteiger partial charge in [-0.05, 0) is 25.3 Å². The molecule has 0 unspecified atom stereocenters. The average Bonchev–Trinajstić information content (AvgIpc) is 3.00. The third kappa shape index (κ3) is 3.04. The van der Waals surface area contributed by atoms with E-state index in [1.807, 2.05) is 0 Å². The quantitative estimate of drug-likeness (QED) is 0.923. The van der Waals surface area contributed by atoms with Gasteiger partial charge in [-0.2, -0.15) is 10.1 Å². The van der Waals surface area contributed by atoms with Gasteiger partial charge >= 0.3 is 0 Å². The van der Waals surface area contributed by atoms with Crippen molar-refractivity contribution < 1.29 is 0 Å². The highest BCUT2D eigenvalue weighted by molar-refractivity contribution is 5.41. The molecule has 0 amide bonds. The van der Waals surface area contributed by atoms with Gasteiger partial charge in [0.05, 0.1) is 6.20 Å². The molecule has 0 atom stereocenters.